The predicted molar refractivity (Wildman–Crippen MR) is 45.7 cm³/mol. The standard InChI is InChI=1S/C6H11O8P/c1-11-14-15(10,12-2)13-6(9)4-3-5(7)8/h3-4H2,1-2H3,(H,7,8). The summed E-state index contributed by atoms with van der Waals surface area (Å²) in [6.07, 6.45) is -0.870. The first-order valence-corrected chi connectivity index (χ1v) is 5.22. The Balaban J connectivity index is 4.12. The van der Waals surface area contributed by atoms with Gasteiger partial charge in [-0.15, -0.1) is 4.67 Å². The van der Waals surface area contributed by atoms with Gasteiger partial charge in [-0.2, -0.15) is 0 Å². The molecule has 0 aromatic rings. The first-order chi connectivity index (χ1) is 6.93. The fraction of sp³-hybridized carbons (Fsp3) is 0.667. The molecule has 0 amide bonds. The smallest absolute Gasteiger partial charge is 0.481 e. The Labute approximate surface area is 85.6 Å². The van der Waals surface area contributed by atoms with Crippen molar-refractivity contribution in [3.63, 3.8) is 0 Å². The lowest BCUT2D eigenvalue weighted by atomic mass is 10.3. The lowest BCUT2D eigenvalue weighted by Crippen LogP contribution is -2.08. The zero-order valence-corrected chi connectivity index (χ0v) is 9.06. The lowest BCUT2D eigenvalue weighted by Gasteiger charge is -2.12. The molecule has 1 unspecified atom stereocenters. The van der Waals surface area contributed by atoms with E-state index < -0.39 is 32.6 Å². The molecule has 0 heterocycles. The van der Waals surface area contributed by atoms with Crippen molar-refractivity contribution in [3.05, 3.63) is 0 Å². The molecule has 0 rings (SSSR count). The molecule has 0 aromatic carbocycles. The Morgan fingerprint density at radius 2 is 1.87 bits per heavy atom. The first-order valence-electron chi connectivity index (χ1n) is 3.76. The van der Waals surface area contributed by atoms with Crippen LogP contribution in [0.2, 0.25) is 0 Å². The van der Waals surface area contributed by atoms with Crippen molar-refractivity contribution < 1.29 is 37.9 Å². The monoisotopic (exact) mass is 242 g/mol. The van der Waals surface area contributed by atoms with Crippen molar-refractivity contribution in [1.29, 1.82) is 0 Å². The quantitative estimate of drug-likeness (QED) is 0.395. The van der Waals surface area contributed by atoms with E-state index in [1.807, 2.05) is 0 Å². The van der Waals surface area contributed by atoms with Crippen LogP contribution < -0.4 is 0 Å². The van der Waals surface area contributed by atoms with Gasteiger partial charge in [-0.3, -0.25) is 14.1 Å². The molecule has 0 aliphatic carbocycles. The van der Waals surface area contributed by atoms with Crippen LogP contribution in [0.5, 0.6) is 0 Å². The van der Waals surface area contributed by atoms with E-state index in [0.717, 1.165) is 14.2 Å². The second kappa shape index (κ2) is 6.52. The zero-order chi connectivity index (χ0) is 11.9. The van der Waals surface area contributed by atoms with E-state index in [-0.39, 0.29) is 0 Å². The van der Waals surface area contributed by atoms with Gasteiger partial charge >= 0.3 is 19.8 Å². The van der Waals surface area contributed by atoms with Crippen molar-refractivity contribution in [2.24, 2.45) is 0 Å². The van der Waals surface area contributed by atoms with Crippen LogP contribution >= 0.6 is 7.82 Å². The number of carboxylic acids is 1. The van der Waals surface area contributed by atoms with Crippen LogP contribution in [-0.4, -0.2) is 31.3 Å². The first kappa shape index (κ1) is 14.1. The summed E-state index contributed by atoms with van der Waals surface area (Å²) in [5.74, 6) is -2.19. The molecule has 88 valence electrons. The second-order valence-corrected chi connectivity index (χ2v) is 3.82. The summed E-state index contributed by atoms with van der Waals surface area (Å²) in [6, 6.07) is 0. The van der Waals surface area contributed by atoms with Crippen LogP contribution in [0.1, 0.15) is 12.8 Å². The molecule has 0 aliphatic rings. The van der Waals surface area contributed by atoms with E-state index in [0.29, 0.717) is 0 Å². The van der Waals surface area contributed by atoms with Gasteiger partial charge in [0.15, 0.2) is 0 Å². The Hall–Kier alpha value is -0.950. The Bertz CT molecular complexity index is 274. The molecule has 0 bridgehead atoms. The molecular weight excluding hydrogens is 231 g/mol. The molecule has 15 heavy (non-hydrogen) atoms. The molecule has 1 atom stereocenters. The summed E-state index contributed by atoms with van der Waals surface area (Å²) in [5.41, 5.74) is 0. The van der Waals surface area contributed by atoms with E-state index >= 15 is 0 Å². The fourth-order valence-electron chi connectivity index (χ4n) is 0.554. The number of rotatable bonds is 7. The van der Waals surface area contributed by atoms with Crippen LogP contribution in [0, 0.1) is 0 Å². The van der Waals surface area contributed by atoms with Gasteiger partial charge in [0, 0.05) is 7.11 Å². The molecule has 0 saturated heterocycles. The molecule has 0 radical (unpaired) electrons. The number of carboxylic acid groups (broad SMARTS) is 1. The van der Waals surface area contributed by atoms with Gasteiger partial charge in [-0.05, 0) is 0 Å². The maximum Gasteiger partial charge on any atom is 0.559 e. The van der Waals surface area contributed by atoms with Gasteiger partial charge in [0.25, 0.3) is 0 Å². The summed E-state index contributed by atoms with van der Waals surface area (Å²) in [4.78, 5) is 25.1. The Morgan fingerprint density at radius 1 is 1.27 bits per heavy atom. The average Bonchev–Trinajstić information content (AvgIpc) is 2.15. The molecule has 0 fully saturated rings. The minimum Gasteiger partial charge on any atom is -0.481 e. The molecule has 0 saturated carbocycles. The SMILES string of the molecule is COOP(=O)(OC)OC(=O)CCC(=O)O. The second-order valence-electron chi connectivity index (χ2n) is 2.23. The molecule has 0 aliphatic heterocycles. The minimum absolute atomic E-state index is 0.435. The summed E-state index contributed by atoms with van der Waals surface area (Å²) in [7, 11) is -2.04. The number of aliphatic carboxylic acids is 1. The molecular formula is C6H11O8P. The van der Waals surface area contributed by atoms with Gasteiger partial charge in [0.2, 0.25) is 0 Å². The zero-order valence-electron chi connectivity index (χ0n) is 8.17. The highest BCUT2D eigenvalue weighted by molar-refractivity contribution is 7.48. The Kier molecular flexibility index (Phi) is 6.11. The van der Waals surface area contributed by atoms with Gasteiger partial charge in [-0.1, -0.05) is 0 Å². The van der Waals surface area contributed by atoms with E-state index in [1.54, 1.807) is 0 Å². The van der Waals surface area contributed by atoms with Crippen molar-refractivity contribution in [2.45, 2.75) is 12.8 Å². The van der Waals surface area contributed by atoms with E-state index in [4.69, 9.17) is 5.11 Å². The third kappa shape index (κ3) is 6.19. The third-order valence-corrected chi connectivity index (χ3v) is 2.35. The predicted octanol–water partition coefficient (Wildman–Crippen LogP) is 0.727. The summed E-state index contributed by atoms with van der Waals surface area (Å²) >= 11 is 0. The highest BCUT2D eigenvalue weighted by Crippen LogP contribution is 2.48. The van der Waals surface area contributed by atoms with E-state index in [1.165, 1.54) is 0 Å². The largest absolute Gasteiger partial charge is 0.559 e. The van der Waals surface area contributed by atoms with E-state index in [2.05, 4.69) is 18.6 Å². The maximum atomic E-state index is 11.3. The minimum atomic E-state index is -4.08. The van der Waals surface area contributed by atoms with Crippen molar-refractivity contribution >= 4 is 19.8 Å². The molecule has 0 aromatic heterocycles. The molecule has 0 spiro atoms. The van der Waals surface area contributed by atoms with Gasteiger partial charge in [0.05, 0.1) is 20.0 Å². The number of carbonyl (C=O) groups excluding carboxylic acids is 1. The summed E-state index contributed by atoms with van der Waals surface area (Å²) in [6.45, 7) is 0. The number of phosphoric acid groups is 1. The van der Waals surface area contributed by atoms with Crippen LogP contribution in [-0.2, 0) is 32.8 Å². The molecule has 8 nitrogen and oxygen atoms in total. The number of hydrogen-bond donors (Lipinski definition) is 1. The van der Waals surface area contributed by atoms with Crippen LogP contribution in [0.25, 0.3) is 0 Å². The molecule has 1 N–H and O–H groups in total. The number of hydrogen-bond acceptors (Lipinski definition) is 7. The molecule has 9 heteroatoms. The fourth-order valence-corrected chi connectivity index (χ4v) is 1.24. The Morgan fingerprint density at radius 3 is 2.27 bits per heavy atom. The highest BCUT2D eigenvalue weighted by Gasteiger charge is 2.30. The van der Waals surface area contributed by atoms with E-state index in [9.17, 15) is 14.2 Å². The van der Waals surface area contributed by atoms with Crippen molar-refractivity contribution in [1.82, 2.24) is 0 Å². The maximum absolute atomic E-state index is 11.3. The van der Waals surface area contributed by atoms with Crippen LogP contribution in [0.3, 0.4) is 0 Å². The van der Waals surface area contributed by atoms with Gasteiger partial charge in [-0.25, -0.2) is 9.45 Å². The van der Waals surface area contributed by atoms with Crippen molar-refractivity contribution in [2.75, 3.05) is 14.2 Å². The van der Waals surface area contributed by atoms with Crippen LogP contribution in [0.15, 0.2) is 0 Å². The summed E-state index contributed by atoms with van der Waals surface area (Å²) in [5, 5.41) is 8.26. The topological polar surface area (TPSA) is 108 Å². The van der Waals surface area contributed by atoms with Crippen molar-refractivity contribution in [3.8, 4) is 0 Å². The lowest BCUT2D eigenvalue weighted by molar-refractivity contribution is -0.201. The third-order valence-electron chi connectivity index (χ3n) is 1.15. The summed E-state index contributed by atoms with van der Waals surface area (Å²) < 4.78 is 23.9. The number of phosphoric ester groups is 1. The number of carbonyl (C=O) groups is 2. The average molecular weight is 242 g/mol. The highest BCUT2D eigenvalue weighted by atomic mass is 31.2. The van der Waals surface area contributed by atoms with Gasteiger partial charge < -0.3 is 9.63 Å². The normalized spacial score (nSPS) is 14.3. The van der Waals surface area contributed by atoms with Gasteiger partial charge in [0.1, 0.15) is 0 Å². The van der Waals surface area contributed by atoms with Crippen LogP contribution in [0.4, 0.5) is 0 Å².